The molecule has 1 aliphatic rings. The summed E-state index contributed by atoms with van der Waals surface area (Å²) in [5.74, 6) is 0.380. The van der Waals surface area contributed by atoms with Gasteiger partial charge >= 0.3 is 6.16 Å². The van der Waals surface area contributed by atoms with Crippen molar-refractivity contribution in [3.63, 3.8) is 0 Å². The van der Waals surface area contributed by atoms with Gasteiger partial charge in [0.2, 0.25) is 5.91 Å². The lowest BCUT2D eigenvalue weighted by Crippen LogP contribution is -2.25. The van der Waals surface area contributed by atoms with Crippen LogP contribution in [-0.4, -0.2) is 40.3 Å². The summed E-state index contributed by atoms with van der Waals surface area (Å²) in [7, 11) is 0. The zero-order valence-corrected chi connectivity index (χ0v) is 14.1. The number of nitrogens with zero attached hydrogens (tertiary/aromatic N) is 1. The minimum Gasteiger partial charge on any atom is -0.450 e. The van der Waals surface area contributed by atoms with Crippen LogP contribution >= 0.6 is 0 Å². The molecular weight excluding hydrogens is 282 g/mol. The highest BCUT2D eigenvalue weighted by molar-refractivity contribution is 5.77. The van der Waals surface area contributed by atoms with Crippen molar-refractivity contribution in [2.24, 2.45) is 0 Å². The molecule has 0 spiro atoms. The van der Waals surface area contributed by atoms with Crippen LogP contribution in [0.2, 0.25) is 0 Å². The molecule has 0 saturated carbocycles. The third kappa shape index (κ3) is 13.7. The zero-order valence-electron chi connectivity index (χ0n) is 14.1. The molecule has 22 heavy (non-hydrogen) atoms. The first-order chi connectivity index (χ1) is 10.6. The average Bonchev–Trinajstić information content (AvgIpc) is 2.86. The van der Waals surface area contributed by atoms with E-state index in [9.17, 15) is 4.79 Å². The average molecular weight is 315 g/mol. The smallest absolute Gasteiger partial charge is 0.450 e. The molecule has 130 valence electrons. The zero-order chi connectivity index (χ0) is 16.6. The molecule has 1 saturated heterocycles. The van der Waals surface area contributed by atoms with Crippen molar-refractivity contribution in [2.45, 2.75) is 84.0 Å². The summed E-state index contributed by atoms with van der Waals surface area (Å²) in [6.07, 6.45) is 13.7. The summed E-state index contributed by atoms with van der Waals surface area (Å²) in [6, 6.07) is 0. The SMILES string of the molecule is CCCCCCCCCCCCN1CCCC1=O.O=C(O)O. The monoisotopic (exact) mass is 315 g/mol. The molecule has 0 aromatic carbocycles. The maximum absolute atomic E-state index is 11.4. The van der Waals surface area contributed by atoms with Gasteiger partial charge in [0, 0.05) is 19.5 Å². The van der Waals surface area contributed by atoms with Crippen molar-refractivity contribution in [3.8, 4) is 0 Å². The standard InChI is InChI=1S/C16H31NO.CH2O3/c1-2-3-4-5-6-7-8-9-10-11-14-17-15-12-13-16(17)18;2-1(3)4/h2-15H2,1H3;(H2,2,3,4). The highest BCUT2D eigenvalue weighted by Crippen LogP contribution is 2.13. The first-order valence-electron chi connectivity index (χ1n) is 8.77. The van der Waals surface area contributed by atoms with Crippen molar-refractivity contribution in [2.75, 3.05) is 13.1 Å². The van der Waals surface area contributed by atoms with E-state index >= 15 is 0 Å². The number of hydrogen-bond donors (Lipinski definition) is 2. The van der Waals surface area contributed by atoms with E-state index in [4.69, 9.17) is 15.0 Å². The molecule has 0 atom stereocenters. The number of carbonyl (C=O) groups excluding carboxylic acids is 1. The Bertz CT molecular complexity index is 290. The molecule has 0 unspecified atom stereocenters. The Morgan fingerprint density at radius 2 is 1.41 bits per heavy atom. The molecular formula is C17H33NO4. The fourth-order valence-corrected chi connectivity index (χ4v) is 2.73. The van der Waals surface area contributed by atoms with Gasteiger partial charge in [0.1, 0.15) is 0 Å². The molecule has 0 aromatic heterocycles. The maximum atomic E-state index is 11.4. The Morgan fingerprint density at radius 3 is 1.82 bits per heavy atom. The summed E-state index contributed by atoms with van der Waals surface area (Å²) in [6.45, 7) is 4.29. The highest BCUT2D eigenvalue weighted by atomic mass is 16.6. The maximum Gasteiger partial charge on any atom is 0.503 e. The van der Waals surface area contributed by atoms with E-state index in [0.29, 0.717) is 5.91 Å². The molecule has 1 rings (SSSR count). The quantitative estimate of drug-likeness (QED) is 0.539. The molecule has 0 bridgehead atoms. The van der Waals surface area contributed by atoms with Crippen molar-refractivity contribution < 1.29 is 19.8 Å². The Labute approximate surface area is 134 Å². The first-order valence-corrected chi connectivity index (χ1v) is 8.77. The molecule has 0 aromatic rings. The second-order valence-corrected chi connectivity index (χ2v) is 5.95. The first kappa shape index (κ1) is 20.7. The molecule has 1 aliphatic heterocycles. The van der Waals surface area contributed by atoms with Crippen LogP contribution in [0.15, 0.2) is 0 Å². The van der Waals surface area contributed by atoms with Gasteiger partial charge in [-0.15, -0.1) is 0 Å². The lowest BCUT2D eigenvalue weighted by atomic mass is 10.1. The number of amides is 1. The summed E-state index contributed by atoms with van der Waals surface area (Å²) in [5, 5.41) is 13.9. The van der Waals surface area contributed by atoms with E-state index in [-0.39, 0.29) is 0 Å². The van der Waals surface area contributed by atoms with Crippen LogP contribution in [0, 0.1) is 0 Å². The molecule has 1 amide bonds. The third-order valence-corrected chi connectivity index (χ3v) is 3.95. The van der Waals surface area contributed by atoms with Gasteiger partial charge in [-0.25, -0.2) is 4.79 Å². The van der Waals surface area contributed by atoms with E-state index in [1.807, 2.05) is 4.90 Å². The number of likely N-dealkylation sites (tertiary alicyclic amines) is 1. The van der Waals surface area contributed by atoms with Gasteiger partial charge in [-0.1, -0.05) is 64.7 Å². The number of carbonyl (C=O) groups is 2. The van der Waals surface area contributed by atoms with Crippen LogP contribution in [0.4, 0.5) is 4.79 Å². The second kappa shape index (κ2) is 14.7. The van der Waals surface area contributed by atoms with Crippen LogP contribution in [0.25, 0.3) is 0 Å². The van der Waals surface area contributed by atoms with Crippen molar-refractivity contribution in [1.29, 1.82) is 0 Å². The highest BCUT2D eigenvalue weighted by Gasteiger charge is 2.18. The largest absolute Gasteiger partial charge is 0.503 e. The molecule has 5 heteroatoms. The van der Waals surface area contributed by atoms with Gasteiger partial charge in [0.15, 0.2) is 0 Å². The minimum absolute atomic E-state index is 0.380. The molecule has 1 heterocycles. The van der Waals surface area contributed by atoms with Crippen LogP contribution in [0.5, 0.6) is 0 Å². The van der Waals surface area contributed by atoms with Gasteiger partial charge in [-0.2, -0.15) is 0 Å². The van der Waals surface area contributed by atoms with E-state index in [0.717, 1.165) is 25.9 Å². The van der Waals surface area contributed by atoms with Crippen LogP contribution in [0.3, 0.4) is 0 Å². The minimum atomic E-state index is -1.83. The van der Waals surface area contributed by atoms with E-state index in [1.54, 1.807) is 0 Å². The lowest BCUT2D eigenvalue weighted by molar-refractivity contribution is -0.127. The Kier molecular flexibility index (Phi) is 13.8. The van der Waals surface area contributed by atoms with Gasteiger partial charge in [0.25, 0.3) is 0 Å². The van der Waals surface area contributed by atoms with Crippen molar-refractivity contribution in [3.05, 3.63) is 0 Å². The molecule has 5 nitrogen and oxygen atoms in total. The van der Waals surface area contributed by atoms with Crippen molar-refractivity contribution >= 4 is 12.1 Å². The van der Waals surface area contributed by atoms with E-state index in [1.165, 1.54) is 64.2 Å². The predicted molar refractivity (Wildman–Crippen MR) is 88.3 cm³/mol. The topological polar surface area (TPSA) is 77.8 Å². The summed E-state index contributed by atoms with van der Waals surface area (Å²) < 4.78 is 0. The fraction of sp³-hybridized carbons (Fsp3) is 0.882. The summed E-state index contributed by atoms with van der Waals surface area (Å²) >= 11 is 0. The van der Waals surface area contributed by atoms with Crippen LogP contribution in [-0.2, 0) is 4.79 Å². The Morgan fingerprint density at radius 1 is 0.955 bits per heavy atom. The normalized spacial score (nSPS) is 13.9. The van der Waals surface area contributed by atoms with Gasteiger partial charge in [-0.05, 0) is 12.8 Å². The summed E-state index contributed by atoms with van der Waals surface area (Å²) in [4.78, 5) is 22.0. The third-order valence-electron chi connectivity index (χ3n) is 3.95. The Balaban J connectivity index is 0.000000980. The van der Waals surface area contributed by atoms with Crippen molar-refractivity contribution in [1.82, 2.24) is 4.90 Å². The second-order valence-electron chi connectivity index (χ2n) is 5.95. The lowest BCUT2D eigenvalue weighted by Gasteiger charge is -2.14. The number of carboxylic acid groups (broad SMARTS) is 2. The summed E-state index contributed by atoms with van der Waals surface area (Å²) in [5.41, 5.74) is 0. The molecule has 0 aliphatic carbocycles. The van der Waals surface area contributed by atoms with Gasteiger partial charge < -0.3 is 15.1 Å². The Hall–Kier alpha value is -1.26. The predicted octanol–water partition coefficient (Wildman–Crippen LogP) is 4.75. The van der Waals surface area contributed by atoms with Crippen LogP contribution in [0.1, 0.15) is 84.0 Å². The number of rotatable bonds is 11. The van der Waals surface area contributed by atoms with E-state index < -0.39 is 6.16 Å². The number of hydrogen-bond acceptors (Lipinski definition) is 2. The molecule has 2 N–H and O–H groups in total. The van der Waals surface area contributed by atoms with Gasteiger partial charge in [0.05, 0.1) is 0 Å². The van der Waals surface area contributed by atoms with E-state index in [2.05, 4.69) is 6.92 Å². The van der Waals surface area contributed by atoms with Crippen LogP contribution < -0.4 is 0 Å². The number of unbranched alkanes of at least 4 members (excludes halogenated alkanes) is 9. The molecule has 1 fully saturated rings. The molecule has 0 radical (unpaired) electrons. The fourth-order valence-electron chi connectivity index (χ4n) is 2.73. The van der Waals surface area contributed by atoms with Gasteiger partial charge in [-0.3, -0.25) is 4.79 Å².